The van der Waals surface area contributed by atoms with Crippen LogP contribution in [0.1, 0.15) is 31.1 Å². The lowest BCUT2D eigenvalue weighted by Gasteiger charge is -2.36. The summed E-state index contributed by atoms with van der Waals surface area (Å²) in [6.07, 6.45) is 0. The first-order valence-electron chi connectivity index (χ1n) is 8.29. The van der Waals surface area contributed by atoms with E-state index in [-0.39, 0.29) is 24.2 Å². The Balaban J connectivity index is 1.90. The minimum Gasteiger partial charge on any atom is -0.455 e. The molecule has 1 aromatic rings. The number of halogens is 1. The van der Waals surface area contributed by atoms with E-state index in [0.717, 1.165) is 0 Å². The second-order valence-corrected chi connectivity index (χ2v) is 6.35. The summed E-state index contributed by atoms with van der Waals surface area (Å²) in [6.45, 7) is 6.33. The first kappa shape index (κ1) is 18.9. The fourth-order valence-electron chi connectivity index (χ4n) is 2.57. The van der Waals surface area contributed by atoms with Crippen molar-refractivity contribution in [2.45, 2.75) is 20.8 Å². The zero-order valence-electron chi connectivity index (χ0n) is 14.8. The molecule has 1 aliphatic rings. The smallest absolute Gasteiger partial charge is 0.308 e. The summed E-state index contributed by atoms with van der Waals surface area (Å²) in [5.41, 5.74) is 0.755. The molecule has 0 saturated carbocycles. The van der Waals surface area contributed by atoms with Gasteiger partial charge < -0.3 is 14.5 Å². The van der Waals surface area contributed by atoms with Crippen molar-refractivity contribution >= 4 is 23.3 Å². The first-order chi connectivity index (χ1) is 11.8. The van der Waals surface area contributed by atoms with Crippen LogP contribution < -0.4 is 4.90 Å². The molecule has 0 aromatic heterocycles. The second kappa shape index (κ2) is 8.09. The number of carbonyl (C=O) groups excluding carboxylic acids is 3. The van der Waals surface area contributed by atoms with Gasteiger partial charge in [-0.3, -0.25) is 14.4 Å². The van der Waals surface area contributed by atoms with Crippen LogP contribution in [-0.2, 0) is 14.3 Å². The van der Waals surface area contributed by atoms with Gasteiger partial charge in [0, 0.05) is 31.7 Å². The average Bonchev–Trinajstić information content (AvgIpc) is 2.59. The number of benzene rings is 1. The van der Waals surface area contributed by atoms with Crippen molar-refractivity contribution in [3.8, 4) is 0 Å². The van der Waals surface area contributed by atoms with E-state index in [1.165, 1.54) is 13.0 Å². The third-order valence-electron chi connectivity index (χ3n) is 4.14. The topological polar surface area (TPSA) is 66.9 Å². The van der Waals surface area contributed by atoms with Gasteiger partial charge in [-0.1, -0.05) is 13.8 Å². The maximum Gasteiger partial charge on any atom is 0.308 e. The molecular formula is C18H23FN2O4. The quantitative estimate of drug-likeness (QED) is 0.599. The number of esters is 1. The Morgan fingerprint density at radius 3 is 2.32 bits per heavy atom. The molecule has 1 heterocycles. The predicted octanol–water partition coefficient (Wildman–Crippen LogP) is 1.88. The van der Waals surface area contributed by atoms with E-state index < -0.39 is 11.8 Å². The summed E-state index contributed by atoms with van der Waals surface area (Å²) in [7, 11) is 0. The molecule has 1 saturated heterocycles. The molecule has 0 spiro atoms. The molecule has 0 unspecified atom stereocenters. The number of Topliss-reactive ketones (excluding diaryl/α,β-unsaturated/α-hetero) is 1. The zero-order chi connectivity index (χ0) is 18.6. The minimum absolute atomic E-state index is 0.184. The average molecular weight is 350 g/mol. The van der Waals surface area contributed by atoms with Gasteiger partial charge in [-0.2, -0.15) is 0 Å². The molecule has 0 N–H and O–H groups in total. The molecule has 0 radical (unpaired) electrons. The Labute approximate surface area is 146 Å². The van der Waals surface area contributed by atoms with Crippen molar-refractivity contribution < 1.29 is 23.5 Å². The van der Waals surface area contributed by atoms with Gasteiger partial charge in [0.1, 0.15) is 5.82 Å². The molecule has 1 aromatic carbocycles. The number of amides is 1. The van der Waals surface area contributed by atoms with Gasteiger partial charge in [0.2, 0.25) is 0 Å². The van der Waals surface area contributed by atoms with Crippen LogP contribution in [0.4, 0.5) is 10.1 Å². The second-order valence-electron chi connectivity index (χ2n) is 6.35. The molecule has 6 nitrogen and oxygen atoms in total. The van der Waals surface area contributed by atoms with Gasteiger partial charge in [-0.15, -0.1) is 0 Å². The number of piperazine rings is 1. The molecule has 0 bridgehead atoms. The van der Waals surface area contributed by atoms with Crippen molar-refractivity contribution in [2.24, 2.45) is 5.92 Å². The van der Waals surface area contributed by atoms with E-state index in [0.29, 0.717) is 37.4 Å². The number of rotatable bonds is 5. The number of nitrogens with zero attached hydrogens (tertiary/aromatic N) is 2. The minimum atomic E-state index is -0.446. The highest BCUT2D eigenvalue weighted by atomic mass is 19.1. The van der Waals surface area contributed by atoms with Crippen molar-refractivity contribution in [3.05, 3.63) is 29.6 Å². The predicted molar refractivity (Wildman–Crippen MR) is 91.0 cm³/mol. The number of hydrogen-bond acceptors (Lipinski definition) is 5. The van der Waals surface area contributed by atoms with Crippen LogP contribution in [0.3, 0.4) is 0 Å². The number of ether oxygens (including phenoxy) is 1. The van der Waals surface area contributed by atoms with Crippen LogP contribution in [0.5, 0.6) is 0 Å². The Hall–Kier alpha value is -2.44. The normalized spacial score (nSPS) is 14.6. The SMILES string of the molecule is CC(=O)c1ccc(N2CCN(C(=O)COC(=O)C(C)C)CC2)c(F)c1. The number of anilines is 1. The van der Waals surface area contributed by atoms with Crippen molar-refractivity contribution in [1.29, 1.82) is 0 Å². The highest BCUT2D eigenvalue weighted by Crippen LogP contribution is 2.22. The summed E-state index contributed by atoms with van der Waals surface area (Å²) in [4.78, 5) is 38.2. The third kappa shape index (κ3) is 4.78. The largest absolute Gasteiger partial charge is 0.455 e. The molecule has 1 amide bonds. The van der Waals surface area contributed by atoms with Crippen LogP contribution >= 0.6 is 0 Å². The van der Waals surface area contributed by atoms with E-state index in [2.05, 4.69) is 0 Å². The van der Waals surface area contributed by atoms with Crippen LogP contribution in [0.25, 0.3) is 0 Å². The molecule has 1 aliphatic heterocycles. The lowest BCUT2D eigenvalue weighted by atomic mass is 10.1. The number of carbonyl (C=O) groups is 3. The van der Waals surface area contributed by atoms with E-state index in [1.807, 2.05) is 4.90 Å². The maximum absolute atomic E-state index is 14.2. The fraction of sp³-hybridized carbons (Fsp3) is 0.500. The van der Waals surface area contributed by atoms with Crippen LogP contribution in [-0.4, -0.2) is 55.3 Å². The summed E-state index contributed by atoms with van der Waals surface area (Å²) >= 11 is 0. The highest BCUT2D eigenvalue weighted by Gasteiger charge is 2.24. The van der Waals surface area contributed by atoms with Crippen molar-refractivity contribution in [3.63, 3.8) is 0 Å². The van der Waals surface area contributed by atoms with Gasteiger partial charge in [0.05, 0.1) is 11.6 Å². The molecule has 7 heteroatoms. The summed E-state index contributed by atoms with van der Waals surface area (Å²) in [6, 6.07) is 4.43. The monoisotopic (exact) mass is 350 g/mol. The van der Waals surface area contributed by atoms with E-state index >= 15 is 0 Å². The van der Waals surface area contributed by atoms with Gasteiger partial charge in [-0.25, -0.2) is 4.39 Å². The van der Waals surface area contributed by atoms with Crippen LogP contribution in [0.15, 0.2) is 18.2 Å². The first-order valence-corrected chi connectivity index (χ1v) is 8.29. The van der Waals surface area contributed by atoms with E-state index in [4.69, 9.17) is 4.74 Å². The Morgan fingerprint density at radius 2 is 1.80 bits per heavy atom. The maximum atomic E-state index is 14.2. The standard InChI is InChI=1S/C18H23FN2O4/c1-12(2)18(24)25-11-17(23)21-8-6-20(7-9-21)16-5-4-14(13(3)22)10-15(16)19/h4-5,10,12H,6-9,11H2,1-3H3. The Kier molecular flexibility index (Phi) is 6.12. The molecule has 2 rings (SSSR count). The number of ketones is 1. The van der Waals surface area contributed by atoms with Crippen LogP contribution in [0.2, 0.25) is 0 Å². The van der Waals surface area contributed by atoms with Gasteiger partial charge in [0.25, 0.3) is 5.91 Å². The molecule has 0 aliphatic carbocycles. The highest BCUT2D eigenvalue weighted by molar-refractivity contribution is 5.94. The number of hydrogen-bond donors (Lipinski definition) is 0. The lowest BCUT2D eigenvalue weighted by molar-refractivity contribution is -0.154. The third-order valence-corrected chi connectivity index (χ3v) is 4.14. The molecular weight excluding hydrogens is 327 g/mol. The van der Waals surface area contributed by atoms with Crippen molar-refractivity contribution in [1.82, 2.24) is 4.90 Å². The Bertz CT molecular complexity index is 667. The van der Waals surface area contributed by atoms with Crippen LogP contribution in [0, 0.1) is 11.7 Å². The molecule has 1 fully saturated rings. The molecule has 25 heavy (non-hydrogen) atoms. The molecule has 0 atom stereocenters. The van der Waals surface area contributed by atoms with E-state index in [1.54, 1.807) is 30.9 Å². The van der Waals surface area contributed by atoms with Gasteiger partial charge in [0.15, 0.2) is 12.4 Å². The summed E-state index contributed by atoms with van der Waals surface area (Å²) in [5, 5.41) is 0. The van der Waals surface area contributed by atoms with Gasteiger partial charge >= 0.3 is 5.97 Å². The lowest BCUT2D eigenvalue weighted by Crippen LogP contribution is -2.50. The Morgan fingerprint density at radius 1 is 1.16 bits per heavy atom. The molecule has 136 valence electrons. The fourth-order valence-corrected chi connectivity index (χ4v) is 2.57. The van der Waals surface area contributed by atoms with Crippen molar-refractivity contribution in [2.75, 3.05) is 37.7 Å². The zero-order valence-corrected chi connectivity index (χ0v) is 14.8. The summed E-state index contributed by atoms with van der Waals surface area (Å²) < 4.78 is 19.2. The van der Waals surface area contributed by atoms with Gasteiger partial charge in [-0.05, 0) is 25.1 Å². The van der Waals surface area contributed by atoms with E-state index in [9.17, 15) is 18.8 Å². The summed E-state index contributed by atoms with van der Waals surface area (Å²) in [5.74, 6) is -1.55.